The molecule has 0 aliphatic rings. The molecule has 0 aliphatic carbocycles. The van der Waals surface area contributed by atoms with Gasteiger partial charge in [-0.1, -0.05) is 48.5 Å². The predicted molar refractivity (Wildman–Crippen MR) is 99.1 cm³/mol. The van der Waals surface area contributed by atoms with Crippen LogP contribution in [0.2, 0.25) is 0 Å². The molecule has 0 radical (unpaired) electrons. The first-order chi connectivity index (χ1) is 11.7. The lowest BCUT2D eigenvalue weighted by Gasteiger charge is -2.12. The number of thioether (sulfide) groups is 1. The number of rotatable bonds is 6. The van der Waals surface area contributed by atoms with E-state index in [0.29, 0.717) is 0 Å². The van der Waals surface area contributed by atoms with Crippen LogP contribution in [0.1, 0.15) is 18.9 Å². The Hall–Kier alpha value is -2.27. The zero-order valence-electron chi connectivity index (χ0n) is 14.2. The Labute approximate surface area is 146 Å². The van der Waals surface area contributed by atoms with Crippen LogP contribution in [0.25, 0.3) is 17.1 Å². The van der Waals surface area contributed by atoms with Crippen molar-refractivity contribution in [2.45, 2.75) is 25.4 Å². The van der Waals surface area contributed by atoms with Gasteiger partial charge < -0.3 is 4.74 Å². The SMILES string of the molecule is CCCSc1nnc(-c2ccccc2OC)n1-c1ccc(C)cc1. The molecule has 0 bridgehead atoms. The van der Waals surface area contributed by atoms with Crippen molar-refractivity contribution in [1.82, 2.24) is 14.8 Å². The van der Waals surface area contributed by atoms with Gasteiger partial charge in [0.15, 0.2) is 11.0 Å². The number of methoxy groups -OCH3 is 1. The van der Waals surface area contributed by atoms with Crippen molar-refractivity contribution in [2.24, 2.45) is 0 Å². The van der Waals surface area contributed by atoms with Crippen LogP contribution in [0, 0.1) is 6.92 Å². The molecule has 1 aromatic heterocycles. The summed E-state index contributed by atoms with van der Waals surface area (Å²) in [5.41, 5.74) is 3.23. The summed E-state index contributed by atoms with van der Waals surface area (Å²) in [6, 6.07) is 16.3. The standard InChI is InChI=1S/C19H21N3OS/c1-4-13-24-19-21-20-18(16-7-5-6-8-17(16)23-3)22(19)15-11-9-14(2)10-12-15/h5-12H,4,13H2,1-3H3. The lowest BCUT2D eigenvalue weighted by molar-refractivity contribution is 0.416. The maximum atomic E-state index is 5.51. The lowest BCUT2D eigenvalue weighted by Crippen LogP contribution is -2.01. The molecule has 0 saturated heterocycles. The third-order valence-electron chi connectivity index (χ3n) is 3.71. The van der Waals surface area contributed by atoms with Crippen molar-refractivity contribution in [3.05, 3.63) is 54.1 Å². The van der Waals surface area contributed by atoms with Gasteiger partial charge in [-0.2, -0.15) is 0 Å². The fraction of sp³-hybridized carbons (Fsp3) is 0.263. The van der Waals surface area contributed by atoms with Gasteiger partial charge in [-0.15, -0.1) is 10.2 Å². The number of hydrogen-bond acceptors (Lipinski definition) is 4. The molecule has 0 aliphatic heterocycles. The Balaban J connectivity index is 2.16. The Morgan fingerprint density at radius 2 is 1.79 bits per heavy atom. The number of ether oxygens (including phenoxy) is 1. The zero-order chi connectivity index (χ0) is 16.9. The van der Waals surface area contributed by atoms with E-state index in [4.69, 9.17) is 4.74 Å². The molecule has 0 atom stereocenters. The fourth-order valence-electron chi connectivity index (χ4n) is 2.49. The third kappa shape index (κ3) is 3.31. The summed E-state index contributed by atoms with van der Waals surface area (Å²) in [4.78, 5) is 0. The van der Waals surface area contributed by atoms with Crippen molar-refractivity contribution in [1.29, 1.82) is 0 Å². The van der Waals surface area contributed by atoms with Crippen molar-refractivity contribution in [2.75, 3.05) is 12.9 Å². The summed E-state index contributed by atoms with van der Waals surface area (Å²) in [6.45, 7) is 4.25. The normalized spacial score (nSPS) is 10.8. The van der Waals surface area contributed by atoms with Gasteiger partial charge in [-0.05, 0) is 37.6 Å². The number of hydrogen-bond donors (Lipinski definition) is 0. The van der Waals surface area contributed by atoms with E-state index in [2.05, 4.69) is 52.9 Å². The van der Waals surface area contributed by atoms with Gasteiger partial charge in [0.05, 0.1) is 12.7 Å². The van der Waals surface area contributed by atoms with Crippen LogP contribution < -0.4 is 4.74 Å². The van der Waals surface area contributed by atoms with E-state index in [9.17, 15) is 0 Å². The number of benzene rings is 2. The molecule has 5 heteroatoms. The monoisotopic (exact) mass is 339 g/mol. The van der Waals surface area contributed by atoms with Crippen LogP contribution in [0.5, 0.6) is 5.75 Å². The third-order valence-corrected chi connectivity index (χ3v) is 4.84. The minimum atomic E-state index is 0.797. The van der Waals surface area contributed by atoms with Crippen LogP contribution in [0.15, 0.2) is 53.7 Å². The second kappa shape index (κ2) is 7.53. The minimum absolute atomic E-state index is 0.797. The molecule has 2 aromatic carbocycles. The predicted octanol–water partition coefficient (Wildman–Crippen LogP) is 4.75. The first-order valence-corrected chi connectivity index (χ1v) is 9.01. The summed E-state index contributed by atoms with van der Waals surface area (Å²) < 4.78 is 7.62. The number of aromatic nitrogens is 3. The first-order valence-electron chi connectivity index (χ1n) is 8.03. The first kappa shape index (κ1) is 16.6. The van der Waals surface area contributed by atoms with Crippen molar-refractivity contribution >= 4 is 11.8 Å². The maximum absolute atomic E-state index is 5.51. The zero-order valence-corrected chi connectivity index (χ0v) is 15.0. The second-order valence-electron chi connectivity index (χ2n) is 5.53. The smallest absolute Gasteiger partial charge is 0.196 e. The van der Waals surface area contributed by atoms with Crippen LogP contribution >= 0.6 is 11.8 Å². The quantitative estimate of drug-likeness (QED) is 0.607. The molecule has 3 aromatic rings. The molecule has 3 rings (SSSR count). The summed E-state index contributed by atoms with van der Waals surface area (Å²) in [6.07, 6.45) is 1.09. The van der Waals surface area contributed by atoms with E-state index in [1.54, 1.807) is 18.9 Å². The molecular formula is C19H21N3OS. The van der Waals surface area contributed by atoms with Gasteiger partial charge >= 0.3 is 0 Å². The minimum Gasteiger partial charge on any atom is -0.496 e. The van der Waals surface area contributed by atoms with Gasteiger partial charge in [0.25, 0.3) is 0 Å². The van der Waals surface area contributed by atoms with Crippen molar-refractivity contribution < 1.29 is 4.74 Å². The van der Waals surface area contributed by atoms with Crippen LogP contribution in [-0.2, 0) is 0 Å². The summed E-state index contributed by atoms with van der Waals surface area (Å²) >= 11 is 1.72. The molecule has 0 spiro atoms. The Bertz CT molecular complexity index is 812. The molecular weight excluding hydrogens is 318 g/mol. The van der Waals surface area contributed by atoms with Crippen molar-refractivity contribution in [3.63, 3.8) is 0 Å². The van der Waals surface area contributed by atoms with Gasteiger partial charge in [0, 0.05) is 11.4 Å². The van der Waals surface area contributed by atoms with E-state index < -0.39 is 0 Å². The number of nitrogens with zero attached hydrogens (tertiary/aromatic N) is 3. The molecule has 0 saturated carbocycles. The average Bonchev–Trinajstić information content (AvgIpc) is 3.04. The fourth-order valence-corrected chi connectivity index (χ4v) is 3.29. The molecule has 124 valence electrons. The molecule has 0 N–H and O–H groups in total. The van der Waals surface area contributed by atoms with Gasteiger partial charge in [0.1, 0.15) is 5.75 Å². The Morgan fingerprint density at radius 1 is 1.04 bits per heavy atom. The van der Waals surface area contributed by atoms with E-state index >= 15 is 0 Å². The highest BCUT2D eigenvalue weighted by Crippen LogP contribution is 2.33. The van der Waals surface area contributed by atoms with E-state index in [1.807, 2.05) is 24.3 Å². The molecule has 1 heterocycles. The number of para-hydroxylation sites is 1. The highest BCUT2D eigenvalue weighted by Gasteiger charge is 2.18. The maximum Gasteiger partial charge on any atom is 0.196 e. The van der Waals surface area contributed by atoms with E-state index in [-0.39, 0.29) is 0 Å². The summed E-state index contributed by atoms with van der Waals surface area (Å²) in [5.74, 6) is 2.61. The van der Waals surface area contributed by atoms with E-state index in [1.165, 1.54) is 5.56 Å². The topological polar surface area (TPSA) is 39.9 Å². The summed E-state index contributed by atoms with van der Waals surface area (Å²) in [5, 5.41) is 9.79. The Morgan fingerprint density at radius 3 is 2.50 bits per heavy atom. The van der Waals surface area contributed by atoms with E-state index in [0.717, 1.165) is 40.2 Å². The van der Waals surface area contributed by atoms with Gasteiger partial charge in [-0.25, -0.2) is 0 Å². The van der Waals surface area contributed by atoms with Crippen molar-refractivity contribution in [3.8, 4) is 22.8 Å². The lowest BCUT2D eigenvalue weighted by atomic mass is 10.1. The molecule has 4 nitrogen and oxygen atoms in total. The molecule has 0 fully saturated rings. The second-order valence-corrected chi connectivity index (χ2v) is 6.59. The van der Waals surface area contributed by atoms with Gasteiger partial charge in [-0.3, -0.25) is 4.57 Å². The highest BCUT2D eigenvalue weighted by atomic mass is 32.2. The Kier molecular flexibility index (Phi) is 5.20. The van der Waals surface area contributed by atoms with Crippen LogP contribution in [0.3, 0.4) is 0 Å². The molecule has 0 amide bonds. The highest BCUT2D eigenvalue weighted by molar-refractivity contribution is 7.99. The number of aryl methyl sites for hydroxylation is 1. The molecule has 24 heavy (non-hydrogen) atoms. The van der Waals surface area contributed by atoms with Crippen LogP contribution in [-0.4, -0.2) is 27.6 Å². The summed E-state index contributed by atoms with van der Waals surface area (Å²) in [7, 11) is 1.68. The molecule has 0 unspecified atom stereocenters. The largest absolute Gasteiger partial charge is 0.496 e. The van der Waals surface area contributed by atoms with Gasteiger partial charge in [0.2, 0.25) is 0 Å². The van der Waals surface area contributed by atoms with Crippen LogP contribution in [0.4, 0.5) is 0 Å². The average molecular weight is 339 g/mol.